The number of aromatic nitrogens is 2. The molecule has 6 nitrogen and oxygen atoms in total. The van der Waals surface area contributed by atoms with Gasteiger partial charge in [0.2, 0.25) is 16.0 Å². The maximum atomic E-state index is 12.6. The highest BCUT2D eigenvalue weighted by Crippen LogP contribution is 2.55. The Morgan fingerprint density at radius 1 is 1.05 bits per heavy atom. The third-order valence-electron chi connectivity index (χ3n) is 5.35. The largest absolute Gasteiger partial charge is 0.368 e. The molecule has 7 heteroatoms. The van der Waals surface area contributed by atoms with E-state index < -0.39 is 10.0 Å². The van der Waals surface area contributed by atoms with E-state index in [-0.39, 0.29) is 16.4 Å². The predicted octanol–water partition coefficient (Wildman–Crippen LogP) is 1.31. The molecule has 0 spiro atoms. The van der Waals surface area contributed by atoms with E-state index in [9.17, 15) is 8.42 Å². The molecule has 4 saturated carbocycles. The third-order valence-corrected chi connectivity index (χ3v) is 6.88. The molecule has 4 aliphatic rings. The van der Waals surface area contributed by atoms with Gasteiger partial charge in [-0.1, -0.05) is 0 Å². The van der Waals surface area contributed by atoms with Crippen LogP contribution in [0, 0.1) is 17.8 Å². The summed E-state index contributed by atoms with van der Waals surface area (Å²) in [4.78, 5) is 7.68. The minimum atomic E-state index is -3.57. The van der Waals surface area contributed by atoms with Gasteiger partial charge in [0, 0.05) is 5.54 Å². The zero-order valence-electron chi connectivity index (χ0n) is 11.8. The van der Waals surface area contributed by atoms with Crippen LogP contribution in [0.4, 0.5) is 5.95 Å². The summed E-state index contributed by atoms with van der Waals surface area (Å²) in [6, 6.07) is 0. The van der Waals surface area contributed by atoms with Crippen LogP contribution in [0.1, 0.15) is 38.5 Å². The average Bonchev–Trinajstić information content (AvgIpc) is 2.36. The number of nitrogens with one attached hydrogen (secondary N) is 1. The Morgan fingerprint density at radius 2 is 1.52 bits per heavy atom. The minimum Gasteiger partial charge on any atom is -0.368 e. The van der Waals surface area contributed by atoms with Gasteiger partial charge < -0.3 is 5.73 Å². The van der Waals surface area contributed by atoms with Crippen LogP contribution in [0.2, 0.25) is 0 Å². The summed E-state index contributed by atoms with van der Waals surface area (Å²) in [5, 5.41) is 0. The molecule has 0 amide bonds. The van der Waals surface area contributed by atoms with E-state index >= 15 is 0 Å². The maximum absolute atomic E-state index is 12.6. The second-order valence-corrected chi connectivity index (χ2v) is 8.76. The fourth-order valence-corrected chi connectivity index (χ4v) is 6.37. The van der Waals surface area contributed by atoms with E-state index in [1.54, 1.807) is 0 Å². The first kappa shape index (κ1) is 13.5. The van der Waals surface area contributed by atoms with Gasteiger partial charge in [0.05, 0.1) is 12.4 Å². The molecule has 3 N–H and O–H groups in total. The van der Waals surface area contributed by atoms with Crippen LogP contribution < -0.4 is 10.5 Å². The Labute approximate surface area is 124 Å². The van der Waals surface area contributed by atoms with Crippen LogP contribution in [0.15, 0.2) is 17.3 Å². The lowest BCUT2D eigenvalue weighted by molar-refractivity contribution is -0.00810. The van der Waals surface area contributed by atoms with Gasteiger partial charge in [-0.05, 0) is 56.3 Å². The quantitative estimate of drug-likeness (QED) is 0.877. The molecule has 4 aliphatic carbocycles. The normalized spacial score (nSPS) is 37.8. The smallest absolute Gasteiger partial charge is 0.244 e. The van der Waals surface area contributed by atoms with Crippen molar-refractivity contribution in [3.63, 3.8) is 0 Å². The van der Waals surface area contributed by atoms with Crippen molar-refractivity contribution in [1.29, 1.82) is 0 Å². The molecule has 1 heterocycles. The lowest BCUT2D eigenvalue weighted by Gasteiger charge is -2.56. The second kappa shape index (κ2) is 4.39. The van der Waals surface area contributed by atoms with Crippen molar-refractivity contribution in [2.24, 2.45) is 17.8 Å². The highest BCUT2D eigenvalue weighted by molar-refractivity contribution is 7.89. The zero-order chi connectivity index (χ0) is 14.7. The standard InChI is InChI=1S/C14H20N4O2S/c15-13-16-7-12(8-17-13)21(19,20)18-14-4-9-1-10(5-14)3-11(2-9)6-14/h7-11,18H,1-6H2,(H2,15,16,17). The molecule has 0 saturated heterocycles. The summed E-state index contributed by atoms with van der Waals surface area (Å²) in [7, 11) is -3.57. The summed E-state index contributed by atoms with van der Waals surface area (Å²) in [5.41, 5.74) is 5.18. The summed E-state index contributed by atoms with van der Waals surface area (Å²) < 4.78 is 28.2. The highest BCUT2D eigenvalue weighted by Gasteiger charge is 2.52. The molecular formula is C14H20N4O2S. The molecule has 1 aromatic rings. The molecule has 5 rings (SSSR count). The fraction of sp³-hybridized carbons (Fsp3) is 0.714. The van der Waals surface area contributed by atoms with E-state index in [1.165, 1.54) is 31.7 Å². The fourth-order valence-electron chi connectivity index (χ4n) is 5.04. The molecular weight excluding hydrogens is 288 g/mol. The number of hydrogen-bond acceptors (Lipinski definition) is 5. The van der Waals surface area contributed by atoms with E-state index in [1.807, 2.05) is 0 Å². The monoisotopic (exact) mass is 308 g/mol. The second-order valence-electron chi connectivity index (χ2n) is 7.08. The summed E-state index contributed by atoms with van der Waals surface area (Å²) in [6.07, 6.45) is 9.36. The number of nitrogens with zero attached hydrogens (tertiary/aromatic N) is 2. The van der Waals surface area contributed by atoms with Crippen LogP contribution in [-0.2, 0) is 10.0 Å². The van der Waals surface area contributed by atoms with Crippen LogP contribution in [0.5, 0.6) is 0 Å². The number of nitrogen functional groups attached to an aromatic ring is 1. The van der Waals surface area contributed by atoms with Crippen molar-refractivity contribution in [2.75, 3.05) is 5.73 Å². The highest BCUT2D eigenvalue weighted by atomic mass is 32.2. The van der Waals surface area contributed by atoms with Crippen molar-refractivity contribution < 1.29 is 8.42 Å². The number of sulfonamides is 1. The molecule has 21 heavy (non-hydrogen) atoms. The first-order chi connectivity index (χ1) is 9.94. The molecule has 0 radical (unpaired) electrons. The van der Waals surface area contributed by atoms with Gasteiger partial charge >= 0.3 is 0 Å². The molecule has 0 atom stereocenters. The van der Waals surface area contributed by atoms with Crippen molar-refractivity contribution in [2.45, 2.75) is 49.0 Å². The van der Waals surface area contributed by atoms with Gasteiger partial charge in [-0.3, -0.25) is 0 Å². The molecule has 114 valence electrons. The number of rotatable bonds is 3. The van der Waals surface area contributed by atoms with E-state index in [0.717, 1.165) is 19.3 Å². The van der Waals surface area contributed by atoms with Gasteiger partial charge in [0.1, 0.15) is 4.90 Å². The average molecular weight is 308 g/mol. The van der Waals surface area contributed by atoms with Crippen LogP contribution >= 0.6 is 0 Å². The lowest BCUT2D eigenvalue weighted by atomic mass is 9.53. The van der Waals surface area contributed by atoms with Crippen molar-refractivity contribution in [1.82, 2.24) is 14.7 Å². The number of anilines is 1. The Kier molecular flexibility index (Phi) is 2.81. The predicted molar refractivity (Wildman–Crippen MR) is 77.7 cm³/mol. The molecule has 0 unspecified atom stereocenters. The number of hydrogen-bond donors (Lipinski definition) is 2. The van der Waals surface area contributed by atoms with E-state index in [4.69, 9.17) is 5.73 Å². The lowest BCUT2D eigenvalue weighted by Crippen LogP contribution is -2.59. The van der Waals surface area contributed by atoms with E-state index in [2.05, 4.69) is 14.7 Å². The SMILES string of the molecule is Nc1ncc(S(=O)(=O)NC23CC4CC(CC(C4)C2)C3)cn1. The Balaban J connectivity index is 1.61. The summed E-state index contributed by atoms with van der Waals surface area (Å²) >= 11 is 0. The molecule has 1 aromatic heterocycles. The molecule has 0 aliphatic heterocycles. The topological polar surface area (TPSA) is 98.0 Å². The van der Waals surface area contributed by atoms with Crippen molar-refractivity contribution >= 4 is 16.0 Å². The summed E-state index contributed by atoms with van der Waals surface area (Å²) in [5.74, 6) is 2.17. The Hall–Kier alpha value is -1.21. The Bertz CT molecular complexity index is 621. The minimum absolute atomic E-state index is 0.0868. The van der Waals surface area contributed by atoms with Crippen LogP contribution in [-0.4, -0.2) is 23.9 Å². The van der Waals surface area contributed by atoms with Crippen molar-refractivity contribution in [3.8, 4) is 0 Å². The summed E-state index contributed by atoms with van der Waals surface area (Å²) in [6.45, 7) is 0. The third kappa shape index (κ3) is 2.32. The van der Waals surface area contributed by atoms with Gasteiger partial charge in [-0.25, -0.2) is 23.1 Å². The first-order valence-corrected chi connectivity index (χ1v) is 9.04. The van der Waals surface area contributed by atoms with Crippen LogP contribution in [0.3, 0.4) is 0 Å². The molecule has 4 fully saturated rings. The maximum Gasteiger partial charge on any atom is 0.244 e. The molecule has 4 bridgehead atoms. The van der Waals surface area contributed by atoms with E-state index in [0.29, 0.717) is 17.8 Å². The van der Waals surface area contributed by atoms with Crippen molar-refractivity contribution in [3.05, 3.63) is 12.4 Å². The van der Waals surface area contributed by atoms with Crippen LogP contribution in [0.25, 0.3) is 0 Å². The first-order valence-electron chi connectivity index (χ1n) is 7.56. The Morgan fingerprint density at radius 3 is 2.00 bits per heavy atom. The van der Waals surface area contributed by atoms with Gasteiger partial charge in [-0.15, -0.1) is 0 Å². The zero-order valence-corrected chi connectivity index (χ0v) is 12.6. The van der Waals surface area contributed by atoms with Gasteiger partial charge in [0.15, 0.2) is 0 Å². The van der Waals surface area contributed by atoms with Gasteiger partial charge in [-0.2, -0.15) is 0 Å². The molecule has 0 aromatic carbocycles. The van der Waals surface area contributed by atoms with Gasteiger partial charge in [0.25, 0.3) is 0 Å². The number of nitrogens with two attached hydrogens (primary N) is 1.